The highest BCUT2D eigenvalue weighted by molar-refractivity contribution is 8.01. The molecule has 0 aliphatic carbocycles. The lowest BCUT2D eigenvalue weighted by atomic mass is 10.1. The number of non-ortho nitro benzene ring substituents is 1. The van der Waals surface area contributed by atoms with Crippen molar-refractivity contribution >= 4 is 34.7 Å². The molecule has 1 atom stereocenters. The molecule has 1 amide bonds. The predicted octanol–water partition coefficient (Wildman–Crippen LogP) is 2.92. The van der Waals surface area contributed by atoms with Crippen LogP contribution in [0.2, 0.25) is 0 Å². The van der Waals surface area contributed by atoms with Crippen LogP contribution in [0.15, 0.2) is 47.4 Å². The number of para-hydroxylation sites is 1. The largest absolute Gasteiger partial charge is 0.358 e. The maximum Gasteiger partial charge on any atom is 0.271 e. The molecule has 1 unspecified atom stereocenters. The Hall–Kier alpha value is -2.54. The molecule has 0 fully saturated rings. The number of hydrogen-bond acceptors (Lipinski definition) is 5. The fraction of sp³-hybridized carbons (Fsp3) is 0.0714. The molecule has 2 N–H and O–H groups in total. The Morgan fingerprint density at radius 2 is 1.95 bits per heavy atom. The number of benzene rings is 2. The van der Waals surface area contributed by atoms with Crippen molar-refractivity contribution in [1.82, 2.24) is 0 Å². The van der Waals surface area contributed by atoms with Gasteiger partial charge >= 0.3 is 0 Å². The van der Waals surface area contributed by atoms with E-state index >= 15 is 0 Å². The minimum atomic E-state index is -0.936. The van der Waals surface area contributed by atoms with Crippen LogP contribution in [-0.2, 0) is 9.67 Å². The number of anilines is 2. The lowest BCUT2D eigenvalue weighted by Crippen LogP contribution is -2.35. The standard InChI is InChI=1S/C14H9N3O3S/c18-13-14(16-10-3-1-2-4-12(10)21-14)9-6-5-8(17(19)20)7-11(9)15-13/h1-7,16H,(H,15,18). The van der Waals surface area contributed by atoms with E-state index < -0.39 is 9.79 Å². The van der Waals surface area contributed by atoms with Crippen LogP contribution in [0.1, 0.15) is 5.56 Å². The van der Waals surface area contributed by atoms with Crippen molar-refractivity contribution in [3.05, 3.63) is 58.1 Å². The third kappa shape index (κ3) is 1.58. The first-order valence-corrected chi connectivity index (χ1v) is 7.08. The molecule has 2 aliphatic heterocycles. The molecule has 1 spiro atoms. The zero-order chi connectivity index (χ0) is 14.6. The minimum absolute atomic E-state index is 0.0355. The number of nitrogens with zero attached hydrogens (tertiary/aromatic N) is 1. The van der Waals surface area contributed by atoms with Crippen LogP contribution in [0.5, 0.6) is 0 Å². The molecule has 0 aromatic heterocycles. The van der Waals surface area contributed by atoms with Gasteiger partial charge in [0.05, 0.1) is 10.6 Å². The Bertz CT molecular complexity index is 781. The van der Waals surface area contributed by atoms with Gasteiger partial charge in [-0.25, -0.2) is 0 Å². The van der Waals surface area contributed by atoms with Crippen molar-refractivity contribution in [2.45, 2.75) is 9.77 Å². The Labute approximate surface area is 123 Å². The average Bonchev–Trinajstić information content (AvgIpc) is 2.98. The van der Waals surface area contributed by atoms with Crippen LogP contribution in [-0.4, -0.2) is 10.8 Å². The van der Waals surface area contributed by atoms with Gasteiger partial charge in [-0.05, 0) is 18.2 Å². The third-order valence-corrected chi connectivity index (χ3v) is 5.01. The zero-order valence-electron chi connectivity index (χ0n) is 10.6. The number of rotatable bonds is 1. The number of hydrogen-bond donors (Lipinski definition) is 2. The van der Waals surface area contributed by atoms with Gasteiger partial charge in [0.25, 0.3) is 11.6 Å². The molecule has 2 aromatic carbocycles. The van der Waals surface area contributed by atoms with Crippen LogP contribution in [0.4, 0.5) is 17.1 Å². The van der Waals surface area contributed by atoms with Gasteiger partial charge < -0.3 is 10.6 Å². The van der Waals surface area contributed by atoms with Gasteiger partial charge in [-0.3, -0.25) is 14.9 Å². The van der Waals surface area contributed by atoms with E-state index in [2.05, 4.69) is 10.6 Å². The molecular weight excluding hydrogens is 290 g/mol. The smallest absolute Gasteiger partial charge is 0.271 e. The summed E-state index contributed by atoms with van der Waals surface area (Å²) in [5.41, 5.74) is 2.07. The number of fused-ring (bicyclic) bond motifs is 3. The van der Waals surface area contributed by atoms with Crippen molar-refractivity contribution < 1.29 is 9.72 Å². The maximum atomic E-state index is 12.4. The second-order valence-corrected chi connectivity index (χ2v) is 6.10. The van der Waals surface area contributed by atoms with E-state index in [1.807, 2.05) is 24.3 Å². The Kier molecular flexibility index (Phi) is 2.32. The molecule has 104 valence electrons. The van der Waals surface area contributed by atoms with Crippen LogP contribution >= 0.6 is 11.8 Å². The molecule has 6 nitrogen and oxygen atoms in total. The molecule has 2 heterocycles. The highest BCUT2D eigenvalue weighted by Gasteiger charge is 2.52. The molecular formula is C14H9N3O3S. The number of amides is 1. The van der Waals surface area contributed by atoms with Gasteiger partial charge in [-0.15, -0.1) is 0 Å². The van der Waals surface area contributed by atoms with E-state index in [0.29, 0.717) is 5.69 Å². The number of nitro benzene ring substituents is 1. The molecule has 7 heteroatoms. The Morgan fingerprint density at radius 3 is 2.71 bits per heavy atom. The quantitative estimate of drug-likeness (QED) is 0.625. The molecule has 2 aromatic rings. The molecule has 2 aliphatic rings. The third-order valence-electron chi connectivity index (χ3n) is 3.62. The van der Waals surface area contributed by atoms with Gasteiger partial charge in [0.2, 0.25) is 0 Å². The second kappa shape index (κ2) is 3.98. The first-order valence-electron chi connectivity index (χ1n) is 6.27. The van der Waals surface area contributed by atoms with E-state index in [9.17, 15) is 14.9 Å². The minimum Gasteiger partial charge on any atom is -0.358 e. The summed E-state index contributed by atoms with van der Waals surface area (Å²) >= 11 is 1.42. The van der Waals surface area contributed by atoms with Gasteiger partial charge in [0.1, 0.15) is 0 Å². The number of nitro groups is 1. The highest BCUT2D eigenvalue weighted by Crippen LogP contribution is 2.55. The summed E-state index contributed by atoms with van der Waals surface area (Å²) < 4.78 is 0. The molecule has 0 radical (unpaired) electrons. The lowest BCUT2D eigenvalue weighted by Gasteiger charge is -2.21. The van der Waals surface area contributed by atoms with E-state index in [1.165, 1.54) is 23.9 Å². The SMILES string of the molecule is O=C1Nc2cc([N+](=O)[O-])ccc2C12Nc1ccccc1S2. The number of carbonyl (C=O) groups is 1. The Morgan fingerprint density at radius 1 is 1.14 bits per heavy atom. The molecule has 0 bridgehead atoms. The summed E-state index contributed by atoms with van der Waals surface area (Å²) in [5.74, 6) is -0.209. The molecule has 21 heavy (non-hydrogen) atoms. The fourth-order valence-electron chi connectivity index (χ4n) is 2.65. The van der Waals surface area contributed by atoms with Crippen molar-refractivity contribution in [1.29, 1.82) is 0 Å². The monoisotopic (exact) mass is 299 g/mol. The lowest BCUT2D eigenvalue weighted by molar-refractivity contribution is -0.384. The topological polar surface area (TPSA) is 84.3 Å². The summed E-state index contributed by atoms with van der Waals surface area (Å²) in [6, 6.07) is 12.1. The van der Waals surface area contributed by atoms with E-state index in [1.54, 1.807) is 6.07 Å². The summed E-state index contributed by atoms with van der Waals surface area (Å²) in [7, 11) is 0. The summed E-state index contributed by atoms with van der Waals surface area (Å²) in [4.78, 5) is 22.9. The summed E-state index contributed by atoms with van der Waals surface area (Å²) in [6.45, 7) is 0. The summed E-state index contributed by atoms with van der Waals surface area (Å²) in [5, 5.41) is 16.8. The zero-order valence-corrected chi connectivity index (χ0v) is 11.4. The second-order valence-electron chi connectivity index (χ2n) is 4.85. The van der Waals surface area contributed by atoms with Gasteiger partial charge in [0, 0.05) is 28.3 Å². The van der Waals surface area contributed by atoms with Crippen LogP contribution < -0.4 is 10.6 Å². The Balaban J connectivity index is 1.84. The van der Waals surface area contributed by atoms with Crippen molar-refractivity contribution in [3.63, 3.8) is 0 Å². The molecule has 0 saturated heterocycles. The van der Waals surface area contributed by atoms with E-state index in [-0.39, 0.29) is 11.6 Å². The van der Waals surface area contributed by atoms with E-state index in [0.717, 1.165) is 16.1 Å². The van der Waals surface area contributed by atoms with Gasteiger partial charge in [0.15, 0.2) is 4.87 Å². The molecule has 0 saturated carbocycles. The first kappa shape index (κ1) is 12.2. The van der Waals surface area contributed by atoms with Gasteiger partial charge in [-0.2, -0.15) is 0 Å². The van der Waals surface area contributed by atoms with Crippen molar-refractivity contribution in [2.24, 2.45) is 0 Å². The summed E-state index contributed by atoms with van der Waals surface area (Å²) in [6.07, 6.45) is 0. The van der Waals surface area contributed by atoms with Crippen molar-refractivity contribution in [3.8, 4) is 0 Å². The number of carbonyl (C=O) groups excluding carboxylic acids is 1. The predicted molar refractivity (Wildman–Crippen MR) is 79.3 cm³/mol. The van der Waals surface area contributed by atoms with Crippen molar-refractivity contribution in [2.75, 3.05) is 10.6 Å². The van der Waals surface area contributed by atoms with Crippen LogP contribution in [0, 0.1) is 10.1 Å². The fourth-order valence-corrected chi connectivity index (χ4v) is 3.95. The van der Waals surface area contributed by atoms with Crippen LogP contribution in [0.25, 0.3) is 0 Å². The normalized spacial score (nSPS) is 21.6. The highest BCUT2D eigenvalue weighted by atomic mass is 32.2. The molecule has 4 rings (SSSR count). The first-order chi connectivity index (χ1) is 10.1. The average molecular weight is 299 g/mol. The van der Waals surface area contributed by atoms with Crippen LogP contribution in [0.3, 0.4) is 0 Å². The maximum absolute atomic E-state index is 12.4. The number of nitrogens with one attached hydrogen (secondary N) is 2. The number of thioether (sulfide) groups is 1. The van der Waals surface area contributed by atoms with Gasteiger partial charge in [-0.1, -0.05) is 23.9 Å². The van der Waals surface area contributed by atoms with E-state index in [4.69, 9.17) is 0 Å².